The predicted molar refractivity (Wildman–Crippen MR) is 72.2 cm³/mol. The first-order valence-electron chi connectivity index (χ1n) is 7.59. The molecule has 0 radical (unpaired) electrons. The van der Waals surface area contributed by atoms with Crippen LogP contribution in [0.5, 0.6) is 0 Å². The summed E-state index contributed by atoms with van der Waals surface area (Å²) >= 11 is 0. The molecule has 0 amide bonds. The third-order valence-corrected chi connectivity index (χ3v) is 4.83. The molecule has 2 fully saturated rings. The summed E-state index contributed by atoms with van der Waals surface area (Å²) in [6, 6.07) is 0.736. The zero-order valence-corrected chi connectivity index (χ0v) is 11.6. The quantitative estimate of drug-likeness (QED) is 0.766. The topological polar surface area (TPSA) is 21.3 Å². The van der Waals surface area contributed by atoms with Crippen molar-refractivity contribution in [3.05, 3.63) is 0 Å². The summed E-state index contributed by atoms with van der Waals surface area (Å²) in [4.78, 5) is 0. The second-order valence-electron chi connectivity index (χ2n) is 6.10. The van der Waals surface area contributed by atoms with Gasteiger partial charge in [-0.25, -0.2) is 0 Å². The molecule has 0 aromatic rings. The van der Waals surface area contributed by atoms with E-state index in [4.69, 9.17) is 4.74 Å². The summed E-state index contributed by atoms with van der Waals surface area (Å²) < 4.78 is 6.00. The summed E-state index contributed by atoms with van der Waals surface area (Å²) in [5.74, 6) is 0.928. The van der Waals surface area contributed by atoms with Crippen LogP contribution >= 0.6 is 0 Å². The second kappa shape index (κ2) is 6.19. The number of rotatable bonds is 6. The average Bonchev–Trinajstić information content (AvgIpc) is 2.33. The largest absolute Gasteiger partial charge is 0.375 e. The van der Waals surface area contributed by atoms with Crippen molar-refractivity contribution in [2.24, 2.45) is 5.92 Å². The molecule has 2 rings (SSSR count). The van der Waals surface area contributed by atoms with Crippen LogP contribution in [0.1, 0.15) is 64.7 Å². The van der Waals surface area contributed by atoms with Crippen molar-refractivity contribution in [1.82, 2.24) is 5.32 Å². The van der Waals surface area contributed by atoms with E-state index in [1.165, 1.54) is 57.8 Å². The van der Waals surface area contributed by atoms with Crippen LogP contribution in [0.4, 0.5) is 0 Å². The molecule has 100 valence electrons. The molecule has 0 aromatic heterocycles. The van der Waals surface area contributed by atoms with Gasteiger partial charge in [0.2, 0.25) is 0 Å². The highest BCUT2D eigenvalue weighted by Gasteiger charge is 2.42. The summed E-state index contributed by atoms with van der Waals surface area (Å²) in [5, 5.41) is 3.46. The minimum atomic E-state index is 0.336. The van der Waals surface area contributed by atoms with E-state index in [9.17, 15) is 0 Å². The van der Waals surface area contributed by atoms with Crippen LogP contribution in [0.25, 0.3) is 0 Å². The van der Waals surface area contributed by atoms with Crippen LogP contribution in [0, 0.1) is 5.92 Å². The van der Waals surface area contributed by atoms with Gasteiger partial charge < -0.3 is 10.1 Å². The van der Waals surface area contributed by atoms with Crippen molar-refractivity contribution >= 4 is 0 Å². The standard InChI is InChI=1S/C15H29NO/c1-3-5-14(16-2)7-6-13-8-11-17-15(12-13)9-4-10-15/h13-14,16H,3-12H2,1-2H3. The molecule has 2 unspecified atom stereocenters. The highest BCUT2D eigenvalue weighted by atomic mass is 16.5. The maximum Gasteiger partial charge on any atom is 0.0685 e. The minimum Gasteiger partial charge on any atom is -0.375 e. The van der Waals surface area contributed by atoms with Gasteiger partial charge in [-0.3, -0.25) is 0 Å². The van der Waals surface area contributed by atoms with Crippen molar-refractivity contribution in [3.63, 3.8) is 0 Å². The van der Waals surface area contributed by atoms with Gasteiger partial charge in [-0.05, 0) is 64.3 Å². The van der Waals surface area contributed by atoms with E-state index < -0.39 is 0 Å². The molecular weight excluding hydrogens is 210 g/mol. The van der Waals surface area contributed by atoms with E-state index >= 15 is 0 Å². The Balaban J connectivity index is 1.71. The molecule has 1 aliphatic carbocycles. The van der Waals surface area contributed by atoms with Crippen molar-refractivity contribution in [2.75, 3.05) is 13.7 Å². The highest BCUT2D eigenvalue weighted by Crippen LogP contribution is 2.45. The Labute approximate surface area is 107 Å². The molecule has 17 heavy (non-hydrogen) atoms. The van der Waals surface area contributed by atoms with Gasteiger partial charge in [0.05, 0.1) is 5.60 Å². The fraction of sp³-hybridized carbons (Fsp3) is 1.00. The Bertz CT molecular complexity index is 225. The second-order valence-corrected chi connectivity index (χ2v) is 6.10. The van der Waals surface area contributed by atoms with E-state index in [0.29, 0.717) is 5.60 Å². The molecule has 2 aliphatic rings. The van der Waals surface area contributed by atoms with E-state index in [2.05, 4.69) is 19.3 Å². The van der Waals surface area contributed by atoms with E-state index in [1.807, 2.05) is 0 Å². The van der Waals surface area contributed by atoms with Crippen LogP contribution in [-0.2, 0) is 4.74 Å². The Kier molecular flexibility index (Phi) is 4.87. The third-order valence-electron chi connectivity index (χ3n) is 4.83. The maximum absolute atomic E-state index is 6.00. The van der Waals surface area contributed by atoms with Gasteiger partial charge in [0.25, 0.3) is 0 Å². The Morgan fingerprint density at radius 2 is 2.18 bits per heavy atom. The molecule has 0 bridgehead atoms. The van der Waals surface area contributed by atoms with Gasteiger partial charge in [-0.15, -0.1) is 0 Å². The first-order valence-corrected chi connectivity index (χ1v) is 7.59. The zero-order valence-electron chi connectivity index (χ0n) is 11.6. The van der Waals surface area contributed by atoms with E-state index in [0.717, 1.165) is 18.6 Å². The van der Waals surface area contributed by atoms with Gasteiger partial charge in [0.15, 0.2) is 0 Å². The lowest BCUT2D eigenvalue weighted by Crippen LogP contribution is -2.45. The maximum atomic E-state index is 6.00. The Morgan fingerprint density at radius 3 is 2.76 bits per heavy atom. The van der Waals surface area contributed by atoms with Crippen molar-refractivity contribution in [2.45, 2.75) is 76.4 Å². The van der Waals surface area contributed by atoms with Crippen molar-refractivity contribution < 1.29 is 4.74 Å². The molecule has 1 heterocycles. The average molecular weight is 239 g/mol. The lowest BCUT2D eigenvalue weighted by Gasteiger charge is -2.47. The molecular formula is C15H29NO. The lowest BCUT2D eigenvalue weighted by atomic mass is 9.71. The molecule has 1 aliphatic heterocycles. The SMILES string of the molecule is CCCC(CCC1CCOC2(CCC2)C1)NC. The molecule has 2 atom stereocenters. The highest BCUT2D eigenvalue weighted by molar-refractivity contribution is 4.94. The van der Waals surface area contributed by atoms with E-state index in [-0.39, 0.29) is 0 Å². The lowest BCUT2D eigenvalue weighted by molar-refractivity contribution is -0.144. The molecule has 2 heteroatoms. The first-order chi connectivity index (χ1) is 8.28. The third kappa shape index (κ3) is 3.45. The number of hydrogen-bond acceptors (Lipinski definition) is 2. The van der Waals surface area contributed by atoms with Crippen molar-refractivity contribution in [1.29, 1.82) is 0 Å². The van der Waals surface area contributed by atoms with Gasteiger partial charge >= 0.3 is 0 Å². The number of nitrogens with one attached hydrogen (secondary N) is 1. The van der Waals surface area contributed by atoms with Gasteiger partial charge in [0.1, 0.15) is 0 Å². The molecule has 0 aromatic carbocycles. The summed E-state index contributed by atoms with van der Waals surface area (Å²) in [5.41, 5.74) is 0.336. The monoisotopic (exact) mass is 239 g/mol. The summed E-state index contributed by atoms with van der Waals surface area (Å²) in [7, 11) is 2.11. The van der Waals surface area contributed by atoms with E-state index in [1.54, 1.807) is 0 Å². The molecule has 1 saturated heterocycles. The van der Waals surface area contributed by atoms with Crippen LogP contribution in [-0.4, -0.2) is 25.3 Å². The van der Waals surface area contributed by atoms with Gasteiger partial charge in [0, 0.05) is 12.6 Å². The smallest absolute Gasteiger partial charge is 0.0685 e. The summed E-state index contributed by atoms with van der Waals surface area (Å²) in [6.45, 7) is 3.30. The van der Waals surface area contributed by atoms with Gasteiger partial charge in [-0.1, -0.05) is 13.3 Å². The zero-order chi connectivity index (χ0) is 12.1. The molecule has 1 saturated carbocycles. The Morgan fingerprint density at radius 1 is 1.35 bits per heavy atom. The van der Waals surface area contributed by atoms with Crippen molar-refractivity contribution in [3.8, 4) is 0 Å². The van der Waals surface area contributed by atoms with Crippen LogP contribution in [0.3, 0.4) is 0 Å². The normalized spacial score (nSPS) is 28.9. The fourth-order valence-electron chi connectivity index (χ4n) is 3.51. The Hall–Kier alpha value is -0.0800. The number of hydrogen-bond donors (Lipinski definition) is 1. The molecule has 1 spiro atoms. The molecule has 2 nitrogen and oxygen atoms in total. The summed E-state index contributed by atoms with van der Waals surface area (Å²) in [6.07, 6.45) is 12.1. The first kappa shape index (κ1) is 13.4. The van der Waals surface area contributed by atoms with Crippen LogP contribution < -0.4 is 5.32 Å². The van der Waals surface area contributed by atoms with Crippen LogP contribution in [0.15, 0.2) is 0 Å². The predicted octanol–water partition coefficient (Wildman–Crippen LogP) is 3.50. The van der Waals surface area contributed by atoms with Crippen LogP contribution in [0.2, 0.25) is 0 Å². The number of ether oxygens (including phenoxy) is 1. The molecule has 1 N–H and O–H groups in total. The minimum absolute atomic E-state index is 0.336. The van der Waals surface area contributed by atoms with Gasteiger partial charge in [-0.2, -0.15) is 0 Å². The fourth-order valence-corrected chi connectivity index (χ4v) is 3.51.